The van der Waals surface area contributed by atoms with E-state index in [4.69, 9.17) is 0 Å². The predicted molar refractivity (Wildman–Crippen MR) is 208 cm³/mol. The number of benzene rings is 1. The number of para-hydroxylation sites is 1. The SMILES string of the molecule is CC[C@H](C)[C@@H]1NC(=O)[C@@H](Cc2c[nH]c3ccccc23)NC(=O)[C@@H]2CCCN2C(=O)[C@@H](Cc2cnc[nH]2)N(C)C(=O)[C@@H]2CCCCN2C(=O)[C@H]2CCCCN2C1=O. The molecule has 7 atom stereocenters. The average molecular weight is 770 g/mol. The normalized spacial score (nSPS) is 28.0. The number of imidazole rings is 1. The van der Waals surface area contributed by atoms with Crippen LogP contribution in [0, 0.1) is 5.92 Å². The maximum absolute atomic E-state index is 14.7. The highest BCUT2D eigenvalue weighted by molar-refractivity contribution is 5.99. The molecule has 2 aromatic heterocycles. The molecule has 0 aliphatic carbocycles. The molecule has 0 spiro atoms. The van der Waals surface area contributed by atoms with Crippen LogP contribution in [0.2, 0.25) is 0 Å². The van der Waals surface area contributed by atoms with Gasteiger partial charge >= 0.3 is 0 Å². The Hall–Kier alpha value is -5.21. The van der Waals surface area contributed by atoms with Crippen molar-refractivity contribution >= 4 is 46.3 Å². The zero-order chi connectivity index (χ0) is 39.5. The quantitative estimate of drug-likeness (QED) is 0.297. The Kier molecular flexibility index (Phi) is 11.8. The number of hydrogen-bond acceptors (Lipinski definition) is 7. The molecule has 1 aromatic carbocycles. The predicted octanol–water partition coefficient (Wildman–Crippen LogP) is 2.29. The second-order valence-electron chi connectivity index (χ2n) is 16.0. The molecule has 0 bridgehead atoms. The fourth-order valence-electron chi connectivity index (χ4n) is 9.09. The van der Waals surface area contributed by atoms with Gasteiger partial charge in [0.15, 0.2) is 0 Å². The molecule has 4 N–H and O–H groups in total. The number of carbonyl (C=O) groups excluding carboxylic acids is 6. The maximum atomic E-state index is 14.7. The second-order valence-corrected chi connectivity index (χ2v) is 16.0. The van der Waals surface area contributed by atoms with Crippen LogP contribution in [0.5, 0.6) is 0 Å². The van der Waals surface area contributed by atoms with Gasteiger partial charge in [0.2, 0.25) is 35.4 Å². The third-order valence-corrected chi connectivity index (χ3v) is 12.6. The molecule has 56 heavy (non-hydrogen) atoms. The van der Waals surface area contributed by atoms with Gasteiger partial charge in [-0.15, -0.1) is 0 Å². The molecule has 300 valence electrons. The average Bonchev–Trinajstić information content (AvgIpc) is 4.02. The molecule has 3 aromatic rings. The highest BCUT2D eigenvalue weighted by Gasteiger charge is 2.46. The number of H-pyrrole nitrogens is 2. The van der Waals surface area contributed by atoms with Crippen LogP contribution in [0.3, 0.4) is 0 Å². The maximum Gasteiger partial charge on any atom is 0.246 e. The van der Waals surface area contributed by atoms with E-state index in [1.807, 2.05) is 44.3 Å². The molecule has 6 amide bonds. The number of rotatable bonds is 6. The Morgan fingerprint density at radius 2 is 1.39 bits per heavy atom. The van der Waals surface area contributed by atoms with Crippen LogP contribution in [0.25, 0.3) is 10.9 Å². The minimum absolute atomic E-state index is 0.125. The molecule has 4 fully saturated rings. The smallest absolute Gasteiger partial charge is 0.246 e. The van der Waals surface area contributed by atoms with Crippen LogP contribution in [-0.2, 0) is 41.6 Å². The first-order valence-corrected chi connectivity index (χ1v) is 20.4. The number of likely N-dealkylation sites (N-methyl/N-ethyl adjacent to an activating group) is 1. The molecule has 7 rings (SSSR count). The Morgan fingerprint density at radius 3 is 2.11 bits per heavy atom. The van der Waals surface area contributed by atoms with Gasteiger partial charge in [0.1, 0.15) is 36.3 Å². The number of hydrogen-bond donors (Lipinski definition) is 4. The summed E-state index contributed by atoms with van der Waals surface area (Å²) in [5.41, 5.74) is 2.34. The topological polar surface area (TPSA) is 184 Å². The fourth-order valence-corrected chi connectivity index (χ4v) is 9.09. The Bertz CT molecular complexity index is 1930. The van der Waals surface area contributed by atoms with E-state index in [-0.39, 0.29) is 42.4 Å². The van der Waals surface area contributed by atoms with E-state index in [0.717, 1.165) is 29.3 Å². The van der Waals surface area contributed by atoms with E-state index in [1.54, 1.807) is 23.0 Å². The van der Waals surface area contributed by atoms with E-state index < -0.39 is 48.1 Å². The van der Waals surface area contributed by atoms with E-state index in [9.17, 15) is 28.8 Å². The van der Waals surface area contributed by atoms with Crippen molar-refractivity contribution in [2.75, 3.05) is 26.7 Å². The summed E-state index contributed by atoms with van der Waals surface area (Å²) in [4.78, 5) is 104. The zero-order valence-electron chi connectivity index (χ0n) is 32.7. The van der Waals surface area contributed by atoms with Crippen molar-refractivity contribution < 1.29 is 28.8 Å². The lowest BCUT2D eigenvalue weighted by Crippen LogP contribution is -2.64. The lowest BCUT2D eigenvalue weighted by Gasteiger charge is -2.44. The number of carbonyl (C=O) groups is 6. The van der Waals surface area contributed by atoms with E-state index in [2.05, 4.69) is 25.6 Å². The van der Waals surface area contributed by atoms with Crippen molar-refractivity contribution in [1.29, 1.82) is 0 Å². The van der Waals surface area contributed by atoms with Gasteiger partial charge < -0.3 is 40.2 Å². The molecule has 15 heteroatoms. The highest BCUT2D eigenvalue weighted by Crippen LogP contribution is 2.29. The summed E-state index contributed by atoms with van der Waals surface area (Å²) < 4.78 is 0. The van der Waals surface area contributed by atoms with E-state index >= 15 is 0 Å². The standard InChI is InChI=1S/C41H55N9O6/c1-4-25(2)35-41(56)50-18-10-8-15-33(50)39(54)49-17-9-7-14-32(49)38(53)47(3)34(21-27-23-42-24-44-27)40(55)48-19-11-16-31(48)37(52)45-30(36(51)46-35)20-26-22-43-29-13-6-5-12-28(26)29/h5-6,12-13,22-25,30-35,43H,4,7-11,14-21H2,1-3H3,(H,42,44)(H,45,52)(H,46,51)/t25-,30+,31-,32-,33+,34+,35-/m0/s1. The van der Waals surface area contributed by atoms with Gasteiger partial charge in [0, 0.05) is 68.5 Å². The van der Waals surface area contributed by atoms with E-state index in [1.165, 1.54) is 16.1 Å². The van der Waals surface area contributed by atoms with Gasteiger partial charge in [-0.25, -0.2) is 4.98 Å². The second kappa shape index (κ2) is 16.9. The minimum Gasteiger partial charge on any atom is -0.361 e. The highest BCUT2D eigenvalue weighted by atomic mass is 16.2. The zero-order valence-corrected chi connectivity index (χ0v) is 32.7. The van der Waals surface area contributed by atoms with Crippen LogP contribution in [0.15, 0.2) is 43.0 Å². The van der Waals surface area contributed by atoms with Crippen molar-refractivity contribution in [2.45, 2.75) is 121 Å². The minimum atomic E-state index is -1.09. The van der Waals surface area contributed by atoms with Gasteiger partial charge in [0.05, 0.1) is 6.33 Å². The molecule has 4 aliphatic rings. The summed E-state index contributed by atoms with van der Waals surface area (Å²) in [5.74, 6) is -2.63. The van der Waals surface area contributed by atoms with Gasteiger partial charge in [0.25, 0.3) is 0 Å². The first kappa shape index (κ1) is 39.0. The third kappa shape index (κ3) is 7.77. The largest absolute Gasteiger partial charge is 0.361 e. The van der Waals surface area contributed by atoms with Crippen molar-refractivity contribution in [2.24, 2.45) is 5.92 Å². The van der Waals surface area contributed by atoms with Crippen molar-refractivity contribution in [3.05, 3.63) is 54.2 Å². The summed E-state index contributed by atoms with van der Waals surface area (Å²) in [5, 5.41) is 6.94. The summed E-state index contributed by atoms with van der Waals surface area (Å²) in [7, 11) is 1.59. The summed E-state index contributed by atoms with van der Waals surface area (Å²) >= 11 is 0. The molecule has 0 unspecified atom stereocenters. The molecular weight excluding hydrogens is 715 g/mol. The lowest BCUT2D eigenvalue weighted by atomic mass is 9.92. The third-order valence-electron chi connectivity index (χ3n) is 12.6. The number of amides is 6. The first-order chi connectivity index (χ1) is 27.1. The Labute approximate surface area is 327 Å². The Balaban J connectivity index is 1.30. The molecular formula is C41H55N9O6. The van der Waals surface area contributed by atoms with Crippen molar-refractivity contribution in [1.82, 2.24) is 45.2 Å². The number of nitrogens with zero attached hydrogens (tertiary/aromatic N) is 5. The molecule has 0 saturated carbocycles. The number of aromatic amines is 2. The summed E-state index contributed by atoms with van der Waals surface area (Å²) in [6.07, 6.45) is 10.5. The molecule has 6 heterocycles. The number of nitrogens with one attached hydrogen (secondary N) is 4. The van der Waals surface area contributed by atoms with Crippen LogP contribution >= 0.6 is 0 Å². The first-order valence-electron chi connectivity index (χ1n) is 20.4. The van der Waals surface area contributed by atoms with Gasteiger partial charge in [-0.3, -0.25) is 28.8 Å². The summed E-state index contributed by atoms with van der Waals surface area (Å²) in [6, 6.07) is 2.16. The number of aromatic nitrogens is 3. The molecule has 15 nitrogen and oxygen atoms in total. The molecule has 4 aliphatic heterocycles. The van der Waals surface area contributed by atoms with Gasteiger partial charge in [-0.05, 0) is 68.9 Å². The summed E-state index contributed by atoms with van der Waals surface area (Å²) in [6.45, 7) is 4.85. The molecule has 0 radical (unpaired) electrons. The van der Waals surface area contributed by atoms with Crippen molar-refractivity contribution in [3.8, 4) is 0 Å². The van der Waals surface area contributed by atoms with Gasteiger partial charge in [-0.1, -0.05) is 38.5 Å². The fraction of sp³-hybridized carbons (Fsp3) is 0.585. The molecule has 4 saturated heterocycles. The van der Waals surface area contributed by atoms with E-state index in [0.29, 0.717) is 70.3 Å². The van der Waals surface area contributed by atoms with Crippen molar-refractivity contribution in [3.63, 3.8) is 0 Å². The number of piperidine rings is 2. The monoisotopic (exact) mass is 769 g/mol. The van der Waals surface area contributed by atoms with Crippen LogP contribution in [0.4, 0.5) is 0 Å². The number of fused-ring (bicyclic) bond motifs is 4. The Morgan fingerprint density at radius 1 is 0.732 bits per heavy atom. The van der Waals surface area contributed by atoms with Crippen LogP contribution in [0.1, 0.15) is 82.9 Å². The van der Waals surface area contributed by atoms with Crippen LogP contribution < -0.4 is 10.6 Å². The van der Waals surface area contributed by atoms with Crippen LogP contribution in [-0.4, -0.2) is 133 Å². The lowest BCUT2D eigenvalue weighted by molar-refractivity contribution is -0.158. The van der Waals surface area contributed by atoms with Gasteiger partial charge in [-0.2, -0.15) is 0 Å².